The van der Waals surface area contributed by atoms with Gasteiger partial charge in [0.15, 0.2) is 5.78 Å². The Morgan fingerprint density at radius 1 is 1.32 bits per heavy atom. The van der Waals surface area contributed by atoms with E-state index >= 15 is 0 Å². The molecule has 3 heteroatoms. The topological polar surface area (TPSA) is 43.4 Å². The van der Waals surface area contributed by atoms with Crippen LogP contribution in [0.2, 0.25) is 0 Å². The number of fused-ring (bicyclic) bond motifs is 4. The highest BCUT2D eigenvalue weighted by molar-refractivity contribution is 5.93. The zero-order chi connectivity index (χ0) is 17.6. The molecule has 0 heterocycles. The first-order chi connectivity index (χ1) is 12.0. The first kappa shape index (κ1) is 16.6. The van der Waals surface area contributed by atoms with Gasteiger partial charge in [-0.15, -0.1) is 0 Å². The Kier molecular flexibility index (Phi) is 4.05. The van der Waals surface area contributed by atoms with Crippen LogP contribution in [0.1, 0.15) is 52.4 Å². The summed E-state index contributed by atoms with van der Waals surface area (Å²) in [5.74, 6) is 1.24. The number of hydrogen-bond donors (Lipinski definition) is 0. The Morgan fingerprint density at radius 2 is 2.16 bits per heavy atom. The van der Waals surface area contributed by atoms with Gasteiger partial charge >= 0.3 is 5.97 Å². The molecule has 3 nitrogen and oxygen atoms in total. The molecule has 0 unspecified atom stereocenters. The maximum absolute atomic E-state index is 12.0. The lowest BCUT2D eigenvalue weighted by atomic mass is 9.59. The van der Waals surface area contributed by atoms with E-state index in [4.69, 9.17) is 4.74 Å². The van der Waals surface area contributed by atoms with Crippen molar-refractivity contribution in [3.05, 3.63) is 46.6 Å². The van der Waals surface area contributed by atoms with E-state index in [-0.39, 0.29) is 17.2 Å². The molecule has 0 aromatic heterocycles. The second-order valence-corrected chi connectivity index (χ2v) is 7.88. The second-order valence-electron chi connectivity index (χ2n) is 7.88. The molecule has 132 valence electrons. The van der Waals surface area contributed by atoms with Gasteiger partial charge in [0.2, 0.25) is 0 Å². The predicted molar refractivity (Wildman–Crippen MR) is 96.8 cm³/mol. The average molecular weight is 338 g/mol. The van der Waals surface area contributed by atoms with Crippen LogP contribution in [0.15, 0.2) is 46.6 Å². The molecule has 3 atom stereocenters. The highest BCUT2D eigenvalue weighted by Gasteiger charge is 2.48. The molecule has 0 bridgehead atoms. The largest absolute Gasteiger partial charge is 0.466 e. The molecule has 0 saturated carbocycles. The van der Waals surface area contributed by atoms with Crippen molar-refractivity contribution < 1.29 is 14.3 Å². The first-order valence-corrected chi connectivity index (χ1v) is 9.54. The molecule has 0 fully saturated rings. The number of hydrogen-bond acceptors (Lipinski definition) is 3. The zero-order valence-electron chi connectivity index (χ0n) is 15.1. The minimum atomic E-state index is -0.118. The van der Waals surface area contributed by atoms with Crippen molar-refractivity contribution in [2.24, 2.45) is 17.3 Å². The highest BCUT2D eigenvalue weighted by atomic mass is 16.5. The van der Waals surface area contributed by atoms with Crippen LogP contribution in [-0.4, -0.2) is 18.4 Å². The van der Waals surface area contributed by atoms with Crippen LogP contribution in [0.25, 0.3) is 0 Å². The summed E-state index contributed by atoms with van der Waals surface area (Å²) < 4.78 is 5.16. The number of allylic oxidation sites excluding steroid dienone is 7. The lowest BCUT2D eigenvalue weighted by Crippen LogP contribution is -2.36. The van der Waals surface area contributed by atoms with E-state index in [1.807, 2.05) is 13.0 Å². The van der Waals surface area contributed by atoms with Gasteiger partial charge in [-0.2, -0.15) is 0 Å². The fraction of sp³-hybridized carbons (Fsp3) is 0.545. The molecule has 0 saturated heterocycles. The third kappa shape index (κ3) is 2.65. The van der Waals surface area contributed by atoms with Crippen molar-refractivity contribution in [1.29, 1.82) is 0 Å². The fourth-order valence-electron chi connectivity index (χ4n) is 5.33. The summed E-state index contributed by atoms with van der Waals surface area (Å²) in [6.07, 6.45) is 13.9. The van der Waals surface area contributed by atoms with Crippen LogP contribution in [0.3, 0.4) is 0 Å². The Hall–Kier alpha value is -1.90. The van der Waals surface area contributed by atoms with Gasteiger partial charge in [-0.1, -0.05) is 30.7 Å². The van der Waals surface area contributed by atoms with Crippen molar-refractivity contribution in [1.82, 2.24) is 0 Å². The number of carbonyl (C=O) groups is 2. The molecule has 4 aliphatic carbocycles. The van der Waals surface area contributed by atoms with E-state index in [0.717, 1.165) is 25.7 Å². The van der Waals surface area contributed by atoms with Crippen LogP contribution >= 0.6 is 0 Å². The number of esters is 1. The molecule has 0 N–H and O–H groups in total. The third-order valence-corrected chi connectivity index (χ3v) is 6.63. The van der Waals surface area contributed by atoms with Gasteiger partial charge < -0.3 is 4.74 Å². The molecule has 4 aliphatic rings. The van der Waals surface area contributed by atoms with E-state index in [0.29, 0.717) is 31.3 Å². The average Bonchev–Trinajstić information content (AvgIpc) is 2.91. The van der Waals surface area contributed by atoms with E-state index in [1.165, 1.54) is 22.3 Å². The maximum Gasteiger partial charge on any atom is 0.309 e. The summed E-state index contributed by atoms with van der Waals surface area (Å²) in [4.78, 5) is 23.7. The summed E-state index contributed by atoms with van der Waals surface area (Å²) in [5, 5.41) is 0. The van der Waals surface area contributed by atoms with Crippen LogP contribution in [0.5, 0.6) is 0 Å². The molecule has 0 amide bonds. The number of carbonyl (C=O) groups excluding carboxylic acids is 2. The van der Waals surface area contributed by atoms with E-state index in [9.17, 15) is 9.59 Å². The predicted octanol–water partition coefficient (Wildman–Crippen LogP) is 4.46. The second kappa shape index (κ2) is 6.12. The van der Waals surface area contributed by atoms with Crippen molar-refractivity contribution in [3.63, 3.8) is 0 Å². The first-order valence-electron chi connectivity index (χ1n) is 9.54. The van der Waals surface area contributed by atoms with Crippen molar-refractivity contribution >= 4 is 11.8 Å². The van der Waals surface area contributed by atoms with Crippen molar-refractivity contribution in [2.45, 2.75) is 52.4 Å². The summed E-state index contributed by atoms with van der Waals surface area (Å²) in [6, 6.07) is 0. The van der Waals surface area contributed by atoms with E-state index in [1.54, 1.807) is 0 Å². The summed E-state index contributed by atoms with van der Waals surface area (Å²) in [5.41, 5.74) is 5.34. The molecular formula is C22H26O3. The smallest absolute Gasteiger partial charge is 0.309 e. The zero-order valence-corrected chi connectivity index (χ0v) is 15.1. The van der Waals surface area contributed by atoms with E-state index < -0.39 is 0 Å². The quantitative estimate of drug-likeness (QED) is 0.564. The number of ether oxygens (including phenoxy) is 1. The number of rotatable bonds is 3. The molecule has 25 heavy (non-hydrogen) atoms. The van der Waals surface area contributed by atoms with Gasteiger partial charge in [-0.3, -0.25) is 9.59 Å². The standard InChI is InChI=1S/C22H26O3/c1-3-25-21(24)13-15-5-9-20-19-7-4-14-12-16(23)6-8-17(14)18(19)10-11-22(15,20)2/h5,10-12,19-20H,3-4,6-9,13H2,1-2H3/t19-,20+,22-/m1/s1. The third-order valence-electron chi connectivity index (χ3n) is 6.63. The molecule has 4 rings (SSSR count). The molecule has 0 radical (unpaired) electrons. The fourth-order valence-corrected chi connectivity index (χ4v) is 5.33. The molecule has 0 spiro atoms. The minimum Gasteiger partial charge on any atom is -0.466 e. The normalized spacial score (nSPS) is 33.3. The molecule has 0 aromatic carbocycles. The van der Waals surface area contributed by atoms with Gasteiger partial charge in [-0.05, 0) is 67.2 Å². The van der Waals surface area contributed by atoms with Crippen LogP contribution in [-0.2, 0) is 14.3 Å². The van der Waals surface area contributed by atoms with Crippen LogP contribution in [0.4, 0.5) is 0 Å². The summed E-state index contributed by atoms with van der Waals surface area (Å²) in [7, 11) is 0. The number of ketones is 1. The highest BCUT2D eigenvalue weighted by Crippen LogP contribution is 2.57. The minimum absolute atomic E-state index is 0.0345. The lowest BCUT2D eigenvalue weighted by Gasteiger charge is -2.45. The Bertz CT molecular complexity index is 749. The Morgan fingerprint density at radius 3 is 2.96 bits per heavy atom. The van der Waals surface area contributed by atoms with Crippen molar-refractivity contribution in [3.8, 4) is 0 Å². The van der Waals surface area contributed by atoms with E-state index in [2.05, 4.69) is 25.2 Å². The molecule has 0 aromatic rings. The van der Waals surface area contributed by atoms with Crippen LogP contribution in [0, 0.1) is 17.3 Å². The van der Waals surface area contributed by atoms with Crippen LogP contribution < -0.4 is 0 Å². The van der Waals surface area contributed by atoms with Gasteiger partial charge in [0.05, 0.1) is 13.0 Å². The Balaban J connectivity index is 1.65. The SMILES string of the molecule is CCOC(=O)CC1=CC[C@H]2[C@@H]3CCC4=CC(=O)CCC4=C3C=C[C@]12C. The molecule has 0 aliphatic heterocycles. The van der Waals surface area contributed by atoms with Gasteiger partial charge in [0.1, 0.15) is 0 Å². The lowest BCUT2D eigenvalue weighted by molar-refractivity contribution is -0.142. The van der Waals surface area contributed by atoms with Gasteiger partial charge in [-0.25, -0.2) is 0 Å². The summed E-state index contributed by atoms with van der Waals surface area (Å²) >= 11 is 0. The maximum atomic E-state index is 12.0. The summed E-state index contributed by atoms with van der Waals surface area (Å²) in [6.45, 7) is 4.57. The molecular weight excluding hydrogens is 312 g/mol. The van der Waals surface area contributed by atoms with Crippen molar-refractivity contribution in [2.75, 3.05) is 6.61 Å². The monoisotopic (exact) mass is 338 g/mol. The van der Waals surface area contributed by atoms with Gasteiger partial charge in [0, 0.05) is 11.8 Å². The van der Waals surface area contributed by atoms with Gasteiger partial charge in [0.25, 0.3) is 0 Å². The Labute approximate surface area is 149 Å².